The molecule has 3 N–H and O–H groups in total. The molecule has 0 saturated heterocycles. The van der Waals surface area contributed by atoms with Crippen LogP contribution in [-0.4, -0.2) is 24.0 Å². The molecule has 1 rings (SSSR count). The zero-order valence-corrected chi connectivity index (χ0v) is 11.2. The Morgan fingerprint density at radius 2 is 2.06 bits per heavy atom. The number of carbonyl (C=O) groups excluding carboxylic acids is 1. The summed E-state index contributed by atoms with van der Waals surface area (Å²) in [6.45, 7) is 2.05. The number of primary amides is 1. The molecule has 94 valence electrons. The van der Waals surface area contributed by atoms with Crippen molar-refractivity contribution in [1.29, 1.82) is 0 Å². The summed E-state index contributed by atoms with van der Waals surface area (Å²) in [4.78, 5) is 11.3. The first-order valence-corrected chi connectivity index (χ1v) is 7.13. The second-order valence-corrected chi connectivity index (χ2v) is 5.02. The number of hydrogen-bond donors (Lipinski definition) is 2. The van der Waals surface area contributed by atoms with Crippen molar-refractivity contribution in [2.45, 2.75) is 25.4 Å². The largest absolute Gasteiger partial charge is 0.368 e. The van der Waals surface area contributed by atoms with Crippen molar-refractivity contribution in [2.75, 3.05) is 12.0 Å². The Labute approximate surface area is 107 Å². The van der Waals surface area contributed by atoms with E-state index in [4.69, 9.17) is 5.73 Å². The molecule has 3 nitrogen and oxygen atoms in total. The van der Waals surface area contributed by atoms with Gasteiger partial charge in [0, 0.05) is 6.04 Å². The number of thioether (sulfide) groups is 1. The topological polar surface area (TPSA) is 55.1 Å². The molecule has 1 aromatic carbocycles. The number of carbonyl (C=O) groups is 1. The standard InChI is InChI=1S/C13H20N2OS/c1-10(11-6-4-3-5-7-11)15-12(13(14)16)8-9-17-2/h3-7,10,12,15H,8-9H2,1-2H3,(H2,14,16)/t10-,12+/m1/s1. The molecule has 0 heterocycles. The second-order valence-electron chi connectivity index (χ2n) is 4.04. The molecule has 0 bridgehead atoms. The van der Waals surface area contributed by atoms with E-state index in [9.17, 15) is 4.79 Å². The predicted molar refractivity (Wildman–Crippen MR) is 74.0 cm³/mol. The maximum atomic E-state index is 11.3. The molecule has 0 radical (unpaired) electrons. The molecule has 17 heavy (non-hydrogen) atoms. The summed E-state index contributed by atoms with van der Waals surface area (Å²) in [6.07, 6.45) is 2.80. The van der Waals surface area contributed by atoms with E-state index in [-0.39, 0.29) is 18.0 Å². The summed E-state index contributed by atoms with van der Waals surface area (Å²) < 4.78 is 0. The summed E-state index contributed by atoms with van der Waals surface area (Å²) in [5.74, 6) is 0.657. The SMILES string of the molecule is CSCC[C@H](N[C@H](C)c1ccccc1)C(N)=O. The molecule has 1 aromatic rings. The fourth-order valence-corrected chi connectivity index (χ4v) is 2.15. The highest BCUT2D eigenvalue weighted by Gasteiger charge is 2.17. The minimum absolute atomic E-state index is 0.135. The van der Waals surface area contributed by atoms with Crippen LogP contribution in [0.15, 0.2) is 30.3 Å². The number of nitrogens with two attached hydrogens (primary N) is 1. The predicted octanol–water partition coefficient (Wildman–Crippen LogP) is 1.94. The summed E-state index contributed by atoms with van der Waals surface area (Å²) >= 11 is 1.72. The van der Waals surface area contributed by atoms with Crippen molar-refractivity contribution in [2.24, 2.45) is 5.73 Å². The van der Waals surface area contributed by atoms with E-state index in [0.29, 0.717) is 0 Å². The zero-order valence-electron chi connectivity index (χ0n) is 10.3. The van der Waals surface area contributed by atoms with Gasteiger partial charge in [-0.1, -0.05) is 30.3 Å². The molecule has 2 atom stereocenters. The molecule has 0 fully saturated rings. The van der Waals surface area contributed by atoms with Crippen LogP contribution in [0.1, 0.15) is 24.9 Å². The normalized spacial score (nSPS) is 14.2. The smallest absolute Gasteiger partial charge is 0.234 e. The Kier molecular flexibility index (Phi) is 6.08. The van der Waals surface area contributed by atoms with E-state index < -0.39 is 0 Å². The molecule has 0 saturated carbocycles. The molecule has 0 aliphatic carbocycles. The van der Waals surface area contributed by atoms with E-state index in [1.807, 2.05) is 43.5 Å². The second kappa shape index (κ2) is 7.35. The maximum absolute atomic E-state index is 11.3. The molecule has 0 spiro atoms. The van der Waals surface area contributed by atoms with Crippen molar-refractivity contribution in [3.63, 3.8) is 0 Å². The van der Waals surface area contributed by atoms with Crippen molar-refractivity contribution in [1.82, 2.24) is 5.32 Å². The van der Waals surface area contributed by atoms with Crippen LogP contribution in [0.3, 0.4) is 0 Å². The van der Waals surface area contributed by atoms with Gasteiger partial charge < -0.3 is 5.73 Å². The van der Waals surface area contributed by atoms with Gasteiger partial charge in [-0.05, 0) is 30.9 Å². The summed E-state index contributed by atoms with van der Waals surface area (Å²) in [5, 5.41) is 3.28. The first-order valence-electron chi connectivity index (χ1n) is 5.74. The van der Waals surface area contributed by atoms with Crippen molar-refractivity contribution < 1.29 is 4.79 Å². The highest BCUT2D eigenvalue weighted by atomic mass is 32.2. The van der Waals surface area contributed by atoms with Gasteiger partial charge >= 0.3 is 0 Å². The molecule has 4 heteroatoms. The van der Waals surface area contributed by atoms with Crippen molar-refractivity contribution in [3.8, 4) is 0 Å². The van der Waals surface area contributed by atoms with Crippen molar-refractivity contribution in [3.05, 3.63) is 35.9 Å². The van der Waals surface area contributed by atoms with Crippen LogP contribution in [0.5, 0.6) is 0 Å². The highest BCUT2D eigenvalue weighted by molar-refractivity contribution is 7.98. The summed E-state index contributed by atoms with van der Waals surface area (Å²) in [5.41, 5.74) is 6.56. The van der Waals surface area contributed by atoms with Crippen LogP contribution in [0, 0.1) is 0 Å². The van der Waals surface area contributed by atoms with E-state index in [1.54, 1.807) is 11.8 Å². The van der Waals surface area contributed by atoms with Gasteiger partial charge in [-0.25, -0.2) is 0 Å². The monoisotopic (exact) mass is 252 g/mol. The Balaban J connectivity index is 2.58. The van der Waals surface area contributed by atoms with Crippen molar-refractivity contribution >= 4 is 17.7 Å². The average Bonchev–Trinajstić information content (AvgIpc) is 2.35. The number of amides is 1. The maximum Gasteiger partial charge on any atom is 0.234 e. The lowest BCUT2D eigenvalue weighted by atomic mass is 10.1. The van der Waals surface area contributed by atoms with Crippen LogP contribution >= 0.6 is 11.8 Å². The number of nitrogens with one attached hydrogen (secondary N) is 1. The molecule has 0 unspecified atom stereocenters. The lowest BCUT2D eigenvalue weighted by Crippen LogP contribution is -2.42. The van der Waals surface area contributed by atoms with Crippen LogP contribution in [-0.2, 0) is 4.79 Å². The van der Waals surface area contributed by atoms with Crippen LogP contribution in [0.25, 0.3) is 0 Å². The number of hydrogen-bond acceptors (Lipinski definition) is 3. The van der Waals surface area contributed by atoms with Crippen LogP contribution in [0.2, 0.25) is 0 Å². The quantitative estimate of drug-likeness (QED) is 0.780. The number of rotatable bonds is 7. The van der Waals surface area contributed by atoms with Crippen LogP contribution < -0.4 is 11.1 Å². The molecular weight excluding hydrogens is 232 g/mol. The van der Waals surface area contributed by atoms with Gasteiger partial charge in [0.2, 0.25) is 5.91 Å². The van der Waals surface area contributed by atoms with Gasteiger partial charge in [0.25, 0.3) is 0 Å². The summed E-state index contributed by atoms with van der Waals surface area (Å²) in [7, 11) is 0. The Morgan fingerprint density at radius 1 is 1.41 bits per heavy atom. The third-order valence-electron chi connectivity index (χ3n) is 2.70. The van der Waals surface area contributed by atoms with Gasteiger partial charge in [-0.15, -0.1) is 0 Å². The minimum atomic E-state index is -0.276. The lowest BCUT2D eigenvalue weighted by Gasteiger charge is -2.21. The first-order chi connectivity index (χ1) is 8.15. The number of benzene rings is 1. The lowest BCUT2D eigenvalue weighted by molar-refractivity contribution is -0.120. The third-order valence-corrected chi connectivity index (χ3v) is 3.35. The Hall–Kier alpha value is -1.00. The highest BCUT2D eigenvalue weighted by Crippen LogP contribution is 2.13. The fourth-order valence-electron chi connectivity index (χ4n) is 1.68. The fraction of sp³-hybridized carbons (Fsp3) is 0.462. The molecule has 0 aromatic heterocycles. The molecule has 0 aliphatic rings. The van der Waals surface area contributed by atoms with Gasteiger partial charge in [0.1, 0.15) is 0 Å². The average molecular weight is 252 g/mol. The van der Waals surface area contributed by atoms with Gasteiger partial charge in [-0.3, -0.25) is 10.1 Å². The van der Waals surface area contributed by atoms with Gasteiger partial charge in [0.05, 0.1) is 6.04 Å². The van der Waals surface area contributed by atoms with Gasteiger partial charge in [0.15, 0.2) is 0 Å². The zero-order chi connectivity index (χ0) is 12.7. The summed E-state index contributed by atoms with van der Waals surface area (Å²) in [6, 6.07) is 9.95. The molecule has 0 aliphatic heterocycles. The van der Waals surface area contributed by atoms with Crippen LogP contribution in [0.4, 0.5) is 0 Å². The van der Waals surface area contributed by atoms with Gasteiger partial charge in [-0.2, -0.15) is 11.8 Å². The third kappa shape index (κ3) is 4.79. The van der Waals surface area contributed by atoms with E-state index >= 15 is 0 Å². The van der Waals surface area contributed by atoms with E-state index in [0.717, 1.165) is 12.2 Å². The molecular formula is C13H20N2OS. The Morgan fingerprint density at radius 3 is 2.59 bits per heavy atom. The van der Waals surface area contributed by atoms with E-state index in [2.05, 4.69) is 5.32 Å². The molecule has 1 amide bonds. The Bertz CT molecular complexity index is 343. The van der Waals surface area contributed by atoms with E-state index in [1.165, 1.54) is 5.56 Å². The first kappa shape index (κ1) is 14.1. The minimum Gasteiger partial charge on any atom is -0.368 e.